The Morgan fingerprint density at radius 3 is 2.35 bits per heavy atom. The van der Waals surface area contributed by atoms with Gasteiger partial charge in [0.1, 0.15) is 6.04 Å². The van der Waals surface area contributed by atoms with E-state index in [2.05, 4.69) is 5.32 Å². The molecule has 0 heterocycles. The number of carboxylic acid groups (broad SMARTS) is 1. The van der Waals surface area contributed by atoms with Crippen LogP contribution < -0.4 is 5.32 Å². The van der Waals surface area contributed by atoms with Gasteiger partial charge in [0.2, 0.25) is 0 Å². The summed E-state index contributed by atoms with van der Waals surface area (Å²) in [7, 11) is 0. The lowest BCUT2D eigenvalue weighted by molar-refractivity contribution is -0.140. The lowest BCUT2D eigenvalue weighted by atomic mass is 10.0. The van der Waals surface area contributed by atoms with Crippen LogP contribution in [0.2, 0.25) is 0 Å². The number of carbonyl (C=O) groups is 2. The lowest BCUT2D eigenvalue weighted by Crippen LogP contribution is -2.44. The summed E-state index contributed by atoms with van der Waals surface area (Å²) in [6.07, 6.45) is 0. The van der Waals surface area contributed by atoms with Gasteiger partial charge in [-0.25, -0.2) is 4.79 Å². The third kappa shape index (κ3) is 4.48. The standard InChI is InChI=1S/C13H15F2NO3S/c1-7(2)10(12(18)19)16-11(17)8-5-3-4-6-9(8)20-13(14)15/h3-7,10,13H,1-2H3,(H,16,17)(H,18,19). The van der Waals surface area contributed by atoms with Crippen molar-refractivity contribution in [1.29, 1.82) is 0 Å². The molecule has 110 valence electrons. The second-order valence-electron chi connectivity index (χ2n) is 4.41. The van der Waals surface area contributed by atoms with Crippen LogP contribution in [-0.2, 0) is 4.79 Å². The third-order valence-electron chi connectivity index (χ3n) is 2.57. The Hall–Kier alpha value is -1.63. The van der Waals surface area contributed by atoms with Crippen LogP contribution in [0.25, 0.3) is 0 Å². The van der Waals surface area contributed by atoms with Crippen molar-refractivity contribution in [2.45, 2.75) is 30.5 Å². The molecule has 2 N–H and O–H groups in total. The second kappa shape index (κ2) is 7.23. The van der Waals surface area contributed by atoms with Crippen molar-refractivity contribution >= 4 is 23.6 Å². The van der Waals surface area contributed by atoms with Crippen molar-refractivity contribution in [3.8, 4) is 0 Å². The number of hydrogen-bond acceptors (Lipinski definition) is 3. The maximum absolute atomic E-state index is 12.4. The highest BCUT2D eigenvalue weighted by molar-refractivity contribution is 7.99. The van der Waals surface area contributed by atoms with Gasteiger partial charge in [-0.1, -0.05) is 37.7 Å². The second-order valence-corrected chi connectivity index (χ2v) is 5.44. The summed E-state index contributed by atoms with van der Waals surface area (Å²) in [6, 6.07) is 4.80. The molecule has 0 radical (unpaired) electrons. The van der Waals surface area contributed by atoms with Crippen LogP contribution in [0.3, 0.4) is 0 Å². The number of carboxylic acids is 1. The molecule has 0 fully saturated rings. The molecule has 0 saturated heterocycles. The van der Waals surface area contributed by atoms with E-state index in [1.807, 2.05) is 0 Å². The molecule has 1 aromatic carbocycles. The number of benzene rings is 1. The molecule has 7 heteroatoms. The van der Waals surface area contributed by atoms with E-state index in [0.29, 0.717) is 0 Å². The molecule has 0 spiro atoms. The SMILES string of the molecule is CC(C)C(NC(=O)c1ccccc1SC(F)F)C(=O)O. The van der Waals surface area contributed by atoms with Crippen LogP contribution in [0.5, 0.6) is 0 Å². The van der Waals surface area contributed by atoms with Crippen LogP contribution in [0.4, 0.5) is 8.78 Å². The summed E-state index contributed by atoms with van der Waals surface area (Å²) in [5, 5.41) is 11.4. The van der Waals surface area contributed by atoms with Gasteiger partial charge in [-0.2, -0.15) is 8.78 Å². The minimum Gasteiger partial charge on any atom is -0.480 e. The van der Waals surface area contributed by atoms with Crippen LogP contribution >= 0.6 is 11.8 Å². The van der Waals surface area contributed by atoms with E-state index in [1.165, 1.54) is 18.2 Å². The number of alkyl halides is 2. The summed E-state index contributed by atoms with van der Waals surface area (Å²) in [5.74, 6) is -4.79. The summed E-state index contributed by atoms with van der Waals surface area (Å²) in [6.45, 7) is 3.30. The van der Waals surface area contributed by atoms with Crippen LogP contribution in [0, 0.1) is 5.92 Å². The Labute approximate surface area is 119 Å². The fraction of sp³-hybridized carbons (Fsp3) is 0.385. The molecule has 1 rings (SSSR count). The van der Waals surface area contributed by atoms with Gasteiger partial charge in [0.05, 0.1) is 5.56 Å². The molecule has 1 unspecified atom stereocenters. The number of halogens is 2. The van der Waals surface area contributed by atoms with E-state index in [0.717, 1.165) is 0 Å². The van der Waals surface area contributed by atoms with Gasteiger partial charge in [-0.3, -0.25) is 4.79 Å². The largest absolute Gasteiger partial charge is 0.480 e. The maximum atomic E-state index is 12.4. The minimum atomic E-state index is -2.65. The number of nitrogens with one attached hydrogen (secondary N) is 1. The van der Waals surface area contributed by atoms with E-state index in [4.69, 9.17) is 5.11 Å². The van der Waals surface area contributed by atoms with E-state index in [9.17, 15) is 18.4 Å². The number of thioether (sulfide) groups is 1. The van der Waals surface area contributed by atoms with Crippen LogP contribution in [-0.4, -0.2) is 28.8 Å². The predicted molar refractivity (Wildman–Crippen MR) is 72.0 cm³/mol. The first-order chi connectivity index (χ1) is 9.32. The zero-order valence-electron chi connectivity index (χ0n) is 11.0. The van der Waals surface area contributed by atoms with E-state index in [-0.39, 0.29) is 28.1 Å². The quantitative estimate of drug-likeness (QED) is 0.793. The van der Waals surface area contributed by atoms with E-state index in [1.54, 1.807) is 19.9 Å². The van der Waals surface area contributed by atoms with Crippen molar-refractivity contribution < 1.29 is 23.5 Å². The highest BCUT2D eigenvalue weighted by atomic mass is 32.2. The summed E-state index contributed by atoms with van der Waals surface area (Å²) < 4.78 is 24.8. The Bertz CT molecular complexity index is 494. The number of rotatable bonds is 6. The Kier molecular flexibility index (Phi) is 5.94. The van der Waals surface area contributed by atoms with Crippen molar-refractivity contribution in [3.63, 3.8) is 0 Å². The van der Waals surface area contributed by atoms with Gasteiger partial charge in [-0.15, -0.1) is 0 Å². The van der Waals surface area contributed by atoms with Gasteiger partial charge in [0.25, 0.3) is 11.7 Å². The first kappa shape index (κ1) is 16.4. The van der Waals surface area contributed by atoms with E-state index >= 15 is 0 Å². The number of aliphatic carboxylic acids is 1. The Morgan fingerprint density at radius 2 is 1.85 bits per heavy atom. The summed E-state index contributed by atoms with van der Waals surface area (Å²) >= 11 is 0.256. The van der Waals surface area contributed by atoms with Gasteiger partial charge in [-0.05, 0) is 18.1 Å². The molecular formula is C13H15F2NO3S. The maximum Gasteiger partial charge on any atom is 0.326 e. The molecule has 0 aromatic heterocycles. The molecule has 0 aliphatic carbocycles. The van der Waals surface area contributed by atoms with Crippen molar-refractivity contribution in [2.24, 2.45) is 5.92 Å². The molecule has 4 nitrogen and oxygen atoms in total. The minimum absolute atomic E-state index is 0.0460. The Morgan fingerprint density at radius 1 is 1.25 bits per heavy atom. The molecule has 20 heavy (non-hydrogen) atoms. The Balaban J connectivity index is 2.94. The molecule has 0 saturated carbocycles. The topological polar surface area (TPSA) is 66.4 Å². The molecule has 0 aliphatic heterocycles. The molecule has 1 amide bonds. The summed E-state index contributed by atoms with van der Waals surface area (Å²) in [5.41, 5.74) is 0.0460. The fourth-order valence-corrected chi connectivity index (χ4v) is 2.22. The predicted octanol–water partition coefficient (Wildman–Crippen LogP) is 2.84. The highest BCUT2D eigenvalue weighted by Gasteiger charge is 2.25. The monoisotopic (exact) mass is 303 g/mol. The zero-order valence-corrected chi connectivity index (χ0v) is 11.8. The van der Waals surface area contributed by atoms with Crippen LogP contribution in [0.15, 0.2) is 29.2 Å². The average molecular weight is 303 g/mol. The van der Waals surface area contributed by atoms with E-state index < -0.39 is 23.7 Å². The molecule has 1 atom stereocenters. The highest BCUT2D eigenvalue weighted by Crippen LogP contribution is 2.28. The van der Waals surface area contributed by atoms with Gasteiger partial charge in [0.15, 0.2) is 0 Å². The first-order valence-corrected chi connectivity index (χ1v) is 6.78. The molecule has 0 aliphatic rings. The normalized spacial score (nSPS) is 12.5. The molecule has 0 bridgehead atoms. The van der Waals surface area contributed by atoms with Gasteiger partial charge >= 0.3 is 5.97 Å². The first-order valence-electron chi connectivity index (χ1n) is 5.90. The number of hydrogen-bond donors (Lipinski definition) is 2. The third-order valence-corrected chi connectivity index (χ3v) is 3.36. The summed E-state index contributed by atoms with van der Waals surface area (Å²) in [4.78, 5) is 23.2. The van der Waals surface area contributed by atoms with Gasteiger partial charge in [0, 0.05) is 4.90 Å². The number of amides is 1. The zero-order chi connectivity index (χ0) is 15.3. The van der Waals surface area contributed by atoms with Crippen molar-refractivity contribution in [2.75, 3.05) is 0 Å². The smallest absolute Gasteiger partial charge is 0.326 e. The van der Waals surface area contributed by atoms with Gasteiger partial charge < -0.3 is 10.4 Å². The van der Waals surface area contributed by atoms with Crippen molar-refractivity contribution in [1.82, 2.24) is 5.32 Å². The molecule has 1 aromatic rings. The molecular weight excluding hydrogens is 288 g/mol. The number of carbonyl (C=O) groups excluding carboxylic acids is 1. The average Bonchev–Trinajstić information content (AvgIpc) is 2.34. The fourth-order valence-electron chi connectivity index (χ4n) is 1.59. The van der Waals surface area contributed by atoms with Crippen LogP contribution in [0.1, 0.15) is 24.2 Å². The lowest BCUT2D eigenvalue weighted by Gasteiger charge is -2.18. The van der Waals surface area contributed by atoms with Crippen molar-refractivity contribution in [3.05, 3.63) is 29.8 Å².